The maximum atomic E-state index is 11.8. The molecular weight excluding hydrogens is 230 g/mol. The van der Waals surface area contributed by atoms with Crippen LogP contribution in [0.2, 0.25) is 0 Å². The van der Waals surface area contributed by atoms with E-state index in [9.17, 15) is 9.59 Å². The van der Waals surface area contributed by atoms with Gasteiger partial charge in [-0.1, -0.05) is 0 Å². The average molecular weight is 241 g/mol. The first kappa shape index (κ1) is 11.5. The maximum Gasteiger partial charge on any atom is 0.334 e. The molecule has 1 N–H and O–H groups in total. The number of aliphatic carboxylic acids is 1. The minimum atomic E-state index is -1.06. The van der Waals surface area contributed by atoms with Crippen molar-refractivity contribution in [3.8, 4) is 0 Å². The van der Waals surface area contributed by atoms with E-state index >= 15 is 0 Å². The van der Waals surface area contributed by atoms with Gasteiger partial charge in [0, 0.05) is 6.54 Å². The van der Waals surface area contributed by atoms with Crippen molar-refractivity contribution >= 4 is 11.9 Å². The van der Waals surface area contributed by atoms with E-state index in [0.717, 1.165) is 0 Å². The van der Waals surface area contributed by atoms with Crippen LogP contribution in [0.25, 0.3) is 0 Å². The van der Waals surface area contributed by atoms with E-state index in [1.165, 1.54) is 15.9 Å². The molecule has 1 aromatic rings. The molecule has 1 unspecified atom stereocenters. The Morgan fingerprint density at radius 2 is 2.35 bits per heavy atom. The third-order valence-corrected chi connectivity index (χ3v) is 2.38. The Balaban J connectivity index is 1.93. The summed E-state index contributed by atoms with van der Waals surface area (Å²) < 4.78 is 6.30. The standard InChI is InChI=1S/C8H11N5O4/c14-7(4-13-5-9-10-11-13)12-1-2-17-6(3-12)8(15)16/h5-6H,1-4H2,(H,15,16). The molecule has 1 amide bonds. The summed E-state index contributed by atoms with van der Waals surface area (Å²) in [5.74, 6) is -1.29. The van der Waals surface area contributed by atoms with E-state index < -0.39 is 12.1 Å². The summed E-state index contributed by atoms with van der Waals surface area (Å²) in [6.07, 6.45) is 0.370. The van der Waals surface area contributed by atoms with Gasteiger partial charge in [-0.25, -0.2) is 9.48 Å². The fourth-order valence-corrected chi connectivity index (χ4v) is 1.52. The molecule has 0 saturated carbocycles. The number of ether oxygens (including phenoxy) is 1. The van der Waals surface area contributed by atoms with Crippen LogP contribution < -0.4 is 0 Å². The van der Waals surface area contributed by atoms with Crippen molar-refractivity contribution in [1.29, 1.82) is 0 Å². The van der Waals surface area contributed by atoms with Gasteiger partial charge in [-0.05, 0) is 10.4 Å². The smallest absolute Gasteiger partial charge is 0.334 e. The summed E-state index contributed by atoms with van der Waals surface area (Å²) >= 11 is 0. The van der Waals surface area contributed by atoms with Crippen LogP contribution in [0.4, 0.5) is 0 Å². The summed E-state index contributed by atoms with van der Waals surface area (Å²) in [5, 5.41) is 19.2. The molecule has 9 nitrogen and oxygen atoms in total. The molecule has 1 aliphatic heterocycles. The number of morpholine rings is 1. The molecule has 1 aliphatic rings. The number of carbonyl (C=O) groups is 2. The molecule has 0 spiro atoms. The van der Waals surface area contributed by atoms with E-state index in [1.54, 1.807) is 0 Å². The van der Waals surface area contributed by atoms with Crippen LogP contribution in [-0.4, -0.2) is 67.9 Å². The van der Waals surface area contributed by atoms with Crippen molar-refractivity contribution in [3.05, 3.63) is 6.33 Å². The minimum Gasteiger partial charge on any atom is -0.479 e. The van der Waals surface area contributed by atoms with Crippen LogP contribution in [0.1, 0.15) is 0 Å². The normalized spacial score (nSPS) is 20.2. The van der Waals surface area contributed by atoms with Crippen molar-refractivity contribution in [2.75, 3.05) is 19.7 Å². The molecule has 17 heavy (non-hydrogen) atoms. The third kappa shape index (κ3) is 2.75. The van der Waals surface area contributed by atoms with Crippen LogP contribution >= 0.6 is 0 Å². The second-order valence-electron chi connectivity index (χ2n) is 3.54. The summed E-state index contributed by atoms with van der Waals surface area (Å²) in [5.41, 5.74) is 0. The minimum absolute atomic E-state index is 0.000656. The van der Waals surface area contributed by atoms with Crippen molar-refractivity contribution in [2.45, 2.75) is 12.6 Å². The molecule has 1 fully saturated rings. The Kier molecular flexibility index (Phi) is 3.28. The van der Waals surface area contributed by atoms with E-state index in [2.05, 4.69) is 15.5 Å². The monoisotopic (exact) mass is 241 g/mol. The van der Waals surface area contributed by atoms with E-state index in [0.29, 0.717) is 6.54 Å². The van der Waals surface area contributed by atoms with Gasteiger partial charge in [0.2, 0.25) is 5.91 Å². The topological polar surface area (TPSA) is 110 Å². The van der Waals surface area contributed by atoms with Gasteiger partial charge >= 0.3 is 5.97 Å². The van der Waals surface area contributed by atoms with Crippen LogP contribution in [0.15, 0.2) is 6.33 Å². The first-order valence-corrected chi connectivity index (χ1v) is 5.00. The van der Waals surface area contributed by atoms with Crippen LogP contribution in [-0.2, 0) is 20.9 Å². The van der Waals surface area contributed by atoms with E-state index in [1.807, 2.05) is 0 Å². The second-order valence-corrected chi connectivity index (χ2v) is 3.54. The first-order valence-electron chi connectivity index (χ1n) is 5.00. The fraction of sp³-hybridized carbons (Fsp3) is 0.625. The largest absolute Gasteiger partial charge is 0.479 e. The van der Waals surface area contributed by atoms with Gasteiger partial charge in [0.1, 0.15) is 12.9 Å². The maximum absolute atomic E-state index is 11.8. The molecule has 1 atom stereocenters. The van der Waals surface area contributed by atoms with Gasteiger partial charge in [0.25, 0.3) is 0 Å². The second kappa shape index (κ2) is 4.87. The SMILES string of the molecule is O=C(O)C1CN(C(=O)Cn2cnnn2)CCO1. The van der Waals surface area contributed by atoms with E-state index in [4.69, 9.17) is 9.84 Å². The van der Waals surface area contributed by atoms with Crippen molar-refractivity contribution in [2.24, 2.45) is 0 Å². The lowest BCUT2D eigenvalue weighted by Gasteiger charge is -2.30. The number of rotatable bonds is 3. The molecule has 1 aromatic heterocycles. The molecular formula is C8H11N5O4. The molecule has 2 heterocycles. The van der Waals surface area contributed by atoms with Gasteiger partial charge in [0.15, 0.2) is 6.10 Å². The zero-order chi connectivity index (χ0) is 12.3. The summed E-state index contributed by atoms with van der Waals surface area (Å²) in [4.78, 5) is 24.0. The third-order valence-electron chi connectivity index (χ3n) is 2.38. The molecule has 0 bridgehead atoms. The molecule has 9 heteroatoms. The lowest BCUT2D eigenvalue weighted by atomic mass is 10.2. The van der Waals surface area contributed by atoms with Crippen molar-refractivity contribution in [1.82, 2.24) is 25.1 Å². The quantitative estimate of drug-likeness (QED) is 0.650. The number of hydrogen-bond donors (Lipinski definition) is 1. The van der Waals surface area contributed by atoms with Gasteiger partial charge in [-0.15, -0.1) is 5.10 Å². The Morgan fingerprint density at radius 1 is 1.53 bits per heavy atom. The first-order chi connectivity index (χ1) is 8.16. The van der Waals surface area contributed by atoms with Crippen LogP contribution in [0, 0.1) is 0 Å². The number of aromatic nitrogens is 4. The Hall–Kier alpha value is -2.03. The van der Waals surface area contributed by atoms with Gasteiger partial charge in [0.05, 0.1) is 13.2 Å². The summed E-state index contributed by atoms with van der Waals surface area (Å²) in [6.45, 7) is 0.651. The van der Waals surface area contributed by atoms with Crippen molar-refractivity contribution in [3.63, 3.8) is 0 Å². The van der Waals surface area contributed by atoms with Gasteiger partial charge in [-0.2, -0.15) is 0 Å². The highest BCUT2D eigenvalue weighted by molar-refractivity contribution is 5.78. The number of amides is 1. The Bertz CT molecular complexity index is 406. The zero-order valence-electron chi connectivity index (χ0n) is 8.89. The Labute approximate surface area is 96.0 Å². The molecule has 0 aliphatic carbocycles. The predicted octanol–water partition coefficient (Wildman–Crippen LogP) is -2.01. The number of nitrogens with zero attached hydrogens (tertiary/aromatic N) is 5. The van der Waals surface area contributed by atoms with Crippen LogP contribution in [0.3, 0.4) is 0 Å². The molecule has 1 saturated heterocycles. The molecule has 2 rings (SSSR count). The number of tetrazole rings is 1. The lowest BCUT2D eigenvalue weighted by molar-refractivity contribution is -0.159. The lowest BCUT2D eigenvalue weighted by Crippen LogP contribution is -2.49. The molecule has 0 aromatic carbocycles. The van der Waals surface area contributed by atoms with Crippen LogP contribution in [0.5, 0.6) is 0 Å². The number of hydrogen-bond acceptors (Lipinski definition) is 6. The zero-order valence-corrected chi connectivity index (χ0v) is 8.89. The predicted molar refractivity (Wildman–Crippen MR) is 51.8 cm³/mol. The summed E-state index contributed by atoms with van der Waals surface area (Å²) in [6, 6.07) is 0. The number of carboxylic acids is 1. The van der Waals surface area contributed by atoms with Gasteiger partial charge < -0.3 is 14.7 Å². The Morgan fingerprint density at radius 3 is 3.00 bits per heavy atom. The van der Waals surface area contributed by atoms with Gasteiger partial charge in [-0.3, -0.25) is 4.79 Å². The molecule has 92 valence electrons. The molecule has 0 radical (unpaired) electrons. The number of carbonyl (C=O) groups excluding carboxylic acids is 1. The average Bonchev–Trinajstić information content (AvgIpc) is 2.82. The highest BCUT2D eigenvalue weighted by atomic mass is 16.5. The van der Waals surface area contributed by atoms with Crippen molar-refractivity contribution < 1.29 is 19.4 Å². The van der Waals surface area contributed by atoms with E-state index in [-0.39, 0.29) is 25.6 Å². The fourth-order valence-electron chi connectivity index (χ4n) is 1.52. The highest BCUT2D eigenvalue weighted by Crippen LogP contribution is 2.06. The number of carboxylic acid groups (broad SMARTS) is 1. The summed E-state index contributed by atoms with van der Waals surface area (Å²) in [7, 11) is 0. The highest BCUT2D eigenvalue weighted by Gasteiger charge is 2.28.